The largest absolute Gasteiger partial charge is 0.324 e. The van der Waals surface area contributed by atoms with Crippen LogP contribution in [0.25, 0.3) is 11.1 Å². The molecule has 1 aromatic heterocycles. The van der Waals surface area contributed by atoms with Crippen molar-refractivity contribution in [2.24, 2.45) is 0 Å². The molecule has 0 radical (unpaired) electrons. The minimum atomic E-state index is -0.403. The van der Waals surface area contributed by atoms with Crippen molar-refractivity contribution in [3.63, 3.8) is 0 Å². The van der Waals surface area contributed by atoms with Crippen LogP contribution in [0.1, 0.15) is 16.1 Å². The fraction of sp³-hybridized carbons (Fsp3) is 0.0588. The van der Waals surface area contributed by atoms with Gasteiger partial charge in [0.25, 0.3) is 5.69 Å². The maximum atomic E-state index is 11.4. The Hall–Kier alpha value is -3.28. The van der Waals surface area contributed by atoms with Crippen LogP contribution in [0, 0.1) is 10.1 Å². The lowest BCUT2D eigenvalue weighted by Crippen LogP contribution is -2.05. The lowest BCUT2D eigenvalue weighted by molar-refractivity contribution is -0.385. The fourth-order valence-electron chi connectivity index (χ4n) is 2.42. The molecule has 6 heteroatoms. The standard InChI is InChI=1S/C17H13N3O3/c21-11-16-9-18-12-19(16)10-15-7-6-14(8-17(15)20(22)23)13-4-2-1-3-5-13/h1-9,11-12H,10H2. The van der Waals surface area contributed by atoms with Gasteiger partial charge in [-0.05, 0) is 17.2 Å². The number of hydrogen-bond donors (Lipinski definition) is 0. The van der Waals surface area contributed by atoms with Gasteiger partial charge in [0.05, 0.1) is 24.0 Å². The molecule has 1 heterocycles. The fourth-order valence-corrected chi connectivity index (χ4v) is 2.42. The zero-order valence-electron chi connectivity index (χ0n) is 12.1. The summed E-state index contributed by atoms with van der Waals surface area (Å²) in [6.07, 6.45) is 3.59. The Labute approximate surface area is 132 Å². The van der Waals surface area contributed by atoms with E-state index in [1.165, 1.54) is 12.5 Å². The zero-order valence-corrected chi connectivity index (χ0v) is 12.1. The Bertz CT molecular complexity index is 857. The summed E-state index contributed by atoms with van der Waals surface area (Å²) in [7, 11) is 0. The predicted molar refractivity (Wildman–Crippen MR) is 85.2 cm³/mol. The zero-order chi connectivity index (χ0) is 16.2. The third-order valence-corrected chi connectivity index (χ3v) is 3.60. The molecule has 0 aliphatic heterocycles. The predicted octanol–water partition coefficient (Wildman–Crippen LogP) is 3.32. The third kappa shape index (κ3) is 3.01. The molecular weight excluding hydrogens is 294 g/mol. The first-order valence-corrected chi connectivity index (χ1v) is 6.97. The molecule has 0 saturated heterocycles. The van der Waals surface area contributed by atoms with E-state index >= 15 is 0 Å². The quantitative estimate of drug-likeness (QED) is 0.411. The van der Waals surface area contributed by atoms with Crippen LogP contribution >= 0.6 is 0 Å². The van der Waals surface area contributed by atoms with Crippen LogP contribution < -0.4 is 0 Å². The molecule has 6 nitrogen and oxygen atoms in total. The van der Waals surface area contributed by atoms with E-state index in [9.17, 15) is 14.9 Å². The minimum absolute atomic E-state index is 0.0249. The molecule has 2 aromatic carbocycles. The van der Waals surface area contributed by atoms with E-state index in [-0.39, 0.29) is 12.2 Å². The smallest absolute Gasteiger partial charge is 0.275 e. The highest BCUT2D eigenvalue weighted by atomic mass is 16.6. The van der Waals surface area contributed by atoms with Crippen LogP contribution in [0.3, 0.4) is 0 Å². The molecule has 0 N–H and O–H groups in total. The van der Waals surface area contributed by atoms with Gasteiger partial charge in [-0.25, -0.2) is 4.98 Å². The van der Waals surface area contributed by atoms with Crippen LogP contribution in [0.5, 0.6) is 0 Å². The average Bonchev–Trinajstić information content (AvgIpc) is 3.03. The van der Waals surface area contributed by atoms with E-state index in [4.69, 9.17) is 0 Å². The molecule has 0 amide bonds. The molecule has 0 unspecified atom stereocenters. The van der Waals surface area contributed by atoms with Gasteiger partial charge >= 0.3 is 0 Å². The van der Waals surface area contributed by atoms with Crippen molar-refractivity contribution in [3.05, 3.63) is 82.4 Å². The lowest BCUT2D eigenvalue weighted by Gasteiger charge is -2.08. The number of rotatable bonds is 5. The number of benzene rings is 2. The number of aldehydes is 1. The molecule has 114 valence electrons. The summed E-state index contributed by atoms with van der Waals surface area (Å²) in [4.78, 5) is 25.8. The highest BCUT2D eigenvalue weighted by molar-refractivity contribution is 5.72. The summed E-state index contributed by atoms with van der Waals surface area (Å²) in [5.74, 6) is 0. The number of nitrogens with zero attached hydrogens (tertiary/aromatic N) is 3. The van der Waals surface area contributed by atoms with Crippen LogP contribution in [-0.2, 0) is 6.54 Å². The first-order chi connectivity index (χ1) is 11.2. The molecular formula is C17H13N3O3. The van der Waals surface area contributed by atoms with E-state index < -0.39 is 4.92 Å². The van der Waals surface area contributed by atoms with E-state index in [2.05, 4.69) is 4.98 Å². The molecule has 0 saturated carbocycles. The van der Waals surface area contributed by atoms with Gasteiger partial charge in [0.1, 0.15) is 5.69 Å². The molecule has 23 heavy (non-hydrogen) atoms. The van der Waals surface area contributed by atoms with Crippen molar-refractivity contribution in [1.82, 2.24) is 9.55 Å². The SMILES string of the molecule is O=Cc1cncn1Cc1ccc(-c2ccccc2)cc1[N+](=O)[O-]. The summed E-state index contributed by atoms with van der Waals surface area (Å²) >= 11 is 0. The molecule has 3 rings (SSSR count). The van der Waals surface area contributed by atoms with Gasteiger partial charge in [0.15, 0.2) is 6.29 Å². The normalized spacial score (nSPS) is 10.4. The second-order valence-corrected chi connectivity index (χ2v) is 5.03. The highest BCUT2D eigenvalue weighted by Gasteiger charge is 2.16. The summed E-state index contributed by atoms with van der Waals surface area (Å²) < 4.78 is 1.58. The van der Waals surface area contributed by atoms with Crippen molar-refractivity contribution in [2.45, 2.75) is 6.54 Å². The van der Waals surface area contributed by atoms with Crippen molar-refractivity contribution in [3.8, 4) is 11.1 Å². The average molecular weight is 307 g/mol. The van der Waals surface area contributed by atoms with E-state index in [0.29, 0.717) is 17.5 Å². The Kier molecular flexibility index (Phi) is 3.97. The van der Waals surface area contributed by atoms with Crippen molar-refractivity contribution >= 4 is 12.0 Å². The maximum absolute atomic E-state index is 11.4. The van der Waals surface area contributed by atoms with Gasteiger partial charge in [-0.3, -0.25) is 14.9 Å². The van der Waals surface area contributed by atoms with Crippen LogP contribution in [0.4, 0.5) is 5.69 Å². The van der Waals surface area contributed by atoms with Gasteiger partial charge in [-0.15, -0.1) is 0 Å². The second kappa shape index (κ2) is 6.23. The summed E-state index contributed by atoms with van der Waals surface area (Å²) in [6.45, 7) is 0.222. The molecule has 3 aromatic rings. The van der Waals surface area contributed by atoms with Gasteiger partial charge in [-0.2, -0.15) is 0 Å². The van der Waals surface area contributed by atoms with Gasteiger partial charge < -0.3 is 4.57 Å². The van der Waals surface area contributed by atoms with E-state index in [1.54, 1.807) is 16.7 Å². The first-order valence-electron chi connectivity index (χ1n) is 6.97. The summed E-state index contributed by atoms with van der Waals surface area (Å²) in [5.41, 5.74) is 2.62. The van der Waals surface area contributed by atoms with E-state index in [1.807, 2.05) is 36.4 Å². The molecule has 0 aliphatic rings. The van der Waals surface area contributed by atoms with Crippen molar-refractivity contribution < 1.29 is 9.72 Å². The van der Waals surface area contributed by atoms with Gasteiger partial charge in [0.2, 0.25) is 0 Å². The minimum Gasteiger partial charge on any atom is -0.324 e. The number of nitro benzene ring substituents is 1. The maximum Gasteiger partial charge on any atom is 0.275 e. The van der Waals surface area contributed by atoms with Crippen LogP contribution in [-0.4, -0.2) is 20.8 Å². The summed E-state index contributed by atoms with van der Waals surface area (Å²) in [5, 5.41) is 11.4. The molecule has 0 spiro atoms. The van der Waals surface area contributed by atoms with Gasteiger partial charge in [0, 0.05) is 11.6 Å². The first kappa shape index (κ1) is 14.6. The highest BCUT2D eigenvalue weighted by Crippen LogP contribution is 2.27. The second-order valence-electron chi connectivity index (χ2n) is 5.03. The van der Waals surface area contributed by atoms with Crippen LogP contribution in [0.2, 0.25) is 0 Å². The number of carbonyl (C=O) groups excluding carboxylic acids is 1. The van der Waals surface area contributed by atoms with Crippen molar-refractivity contribution in [1.29, 1.82) is 0 Å². The number of hydrogen-bond acceptors (Lipinski definition) is 4. The number of aromatic nitrogens is 2. The van der Waals surface area contributed by atoms with Gasteiger partial charge in [-0.1, -0.05) is 36.4 Å². The Morgan fingerprint density at radius 3 is 2.61 bits per heavy atom. The topological polar surface area (TPSA) is 78.0 Å². The van der Waals surface area contributed by atoms with Crippen LogP contribution in [0.15, 0.2) is 61.1 Å². The lowest BCUT2D eigenvalue weighted by atomic mass is 10.0. The Morgan fingerprint density at radius 1 is 1.13 bits per heavy atom. The Balaban J connectivity index is 2.01. The molecule has 0 aliphatic carbocycles. The van der Waals surface area contributed by atoms with Crippen molar-refractivity contribution in [2.75, 3.05) is 0 Å². The number of nitro groups is 1. The Morgan fingerprint density at radius 2 is 1.91 bits per heavy atom. The molecule has 0 fully saturated rings. The molecule has 0 atom stereocenters. The third-order valence-electron chi connectivity index (χ3n) is 3.60. The molecule has 0 bridgehead atoms. The monoisotopic (exact) mass is 307 g/mol. The number of imidazole rings is 1. The number of carbonyl (C=O) groups is 1. The van der Waals surface area contributed by atoms with E-state index in [0.717, 1.165) is 11.1 Å². The summed E-state index contributed by atoms with van der Waals surface area (Å²) in [6, 6.07) is 14.6.